The lowest BCUT2D eigenvalue weighted by molar-refractivity contribution is 0.322. The van der Waals surface area contributed by atoms with E-state index in [1.54, 1.807) is 0 Å². The molecule has 0 spiro atoms. The Bertz CT molecular complexity index is 347. The van der Waals surface area contributed by atoms with Gasteiger partial charge in [-0.15, -0.1) is 0 Å². The van der Waals surface area contributed by atoms with E-state index in [0.29, 0.717) is 13.2 Å². The van der Waals surface area contributed by atoms with E-state index in [4.69, 9.17) is 9.47 Å². The summed E-state index contributed by atoms with van der Waals surface area (Å²) >= 11 is 3.35. The van der Waals surface area contributed by atoms with E-state index in [1.165, 1.54) is 0 Å². The van der Waals surface area contributed by atoms with Crippen molar-refractivity contribution in [3.63, 3.8) is 0 Å². The number of ether oxygens (including phenoxy) is 2. The second-order valence-corrected chi connectivity index (χ2v) is 3.89. The number of benzene rings is 1. The molecule has 82 valence electrons. The van der Waals surface area contributed by atoms with Gasteiger partial charge in [-0.3, -0.25) is 0 Å². The molecule has 0 amide bonds. The molecule has 0 saturated carbocycles. The highest BCUT2D eigenvalue weighted by molar-refractivity contribution is 9.15. The molecule has 1 aromatic carbocycles. The lowest BCUT2D eigenvalue weighted by atomic mass is 10.2. The summed E-state index contributed by atoms with van der Waals surface area (Å²) < 4.78 is 11.7. The third kappa shape index (κ3) is 3.27. The summed E-state index contributed by atoms with van der Waals surface area (Å²) in [6, 6.07) is 5.73. The quantitative estimate of drug-likeness (QED) is 0.809. The van der Waals surface area contributed by atoms with Gasteiger partial charge in [0.2, 0.25) is 0 Å². The molecular formula is C12H15BrO2. The Hall–Kier alpha value is -0.960. The molecule has 0 radical (unpaired) electrons. The topological polar surface area (TPSA) is 18.5 Å². The van der Waals surface area contributed by atoms with Crippen LogP contribution >= 0.6 is 15.9 Å². The SMILES string of the molecule is C=C(Br)c1ccc(OCC)cc1OCC. The first-order chi connectivity index (χ1) is 7.19. The molecule has 0 aliphatic heterocycles. The second-order valence-electron chi connectivity index (χ2n) is 2.93. The van der Waals surface area contributed by atoms with Crippen LogP contribution in [0.5, 0.6) is 11.5 Å². The third-order valence-electron chi connectivity index (χ3n) is 1.86. The van der Waals surface area contributed by atoms with Gasteiger partial charge in [-0.2, -0.15) is 0 Å². The Morgan fingerprint density at radius 1 is 1.27 bits per heavy atom. The predicted octanol–water partition coefficient (Wildman–Crippen LogP) is 3.85. The Labute approximate surface area is 99.0 Å². The van der Waals surface area contributed by atoms with Gasteiger partial charge < -0.3 is 9.47 Å². The minimum Gasteiger partial charge on any atom is -0.494 e. The molecule has 2 nitrogen and oxygen atoms in total. The summed E-state index contributed by atoms with van der Waals surface area (Å²) in [6.45, 7) is 9.03. The highest BCUT2D eigenvalue weighted by Crippen LogP contribution is 2.32. The highest BCUT2D eigenvalue weighted by atomic mass is 79.9. The van der Waals surface area contributed by atoms with Crippen LogP contribution in [0.3, 0.4) is 0 Å². The molecule has 1 rings (SSSR count). The van der Waals surface area contributed by atoms with Crippen molar-refractivity contribution in [2.45, 2.75) is 13.8 Å². The minimum atomic E-state index is 0.628. The zero-order valence-electron chi connectivity index (χ0n) is 9.05. The molecule has 0 aromatic heterocycles. The van der Waals surface area contributed by atoms with Crippen molar-refractivity contribution in [1.82, 2.24) is 0 Å². The Morgan fingerprint density at radius 2 is 1.93 bits per heavy atom. The second kappa shape index (κ2) is 5.81. The number of rotatable bonds is 5. The highest BCUT2D eigenvalue weighted by Gasteiger charge is 2.06. The normalized spacial score (nSPS) is 9.80. The lowest BCUT2D eigenvalue weighted by Crippen LogP contribution is -1.97. The summed E-state index contributed by atoms with van der Waals surface area (Å²) in [7, 11) is 0. The average molecular weight is 271 g/mol. The first-order valence-corrected chi connectivity index (χ1v) is 5.72. The molecule has 0 saturated heterocycles. The van der Waals surface area contributed by atoms with Crippen molar-refractivity contribution in [2.24, 2.45) is 0 Å². The van der Waals surface area contributed by atoms with E-state index < -0.39 is 0 Å². The predicted molar refractivity (Wildman–Crippen MR) is 66.7 cm³/mol. The average Bonchev–Trinajstić information content (AvgIpc) is 2.18. The number of hydrogen-bond acceptors (Lipinski definition) is 2. The molecule has 0 atom stereocenters. The molecule has 0 aliphatic rings. The van der Waals surface area contributed by atoms with Gasteiger partial charge in [-0.1, -0.05) is 22.5 Å². The van der Waals surface area contributed by atoms with Gasteiger partial charge in [-0.05, 0) is 26.0 Å². The van der Waals surface area contributed by atoms with Crippen LogP contribution in [0, 0.1) is 0 Å². The fourth-order valence-electron chi connectivity index (χ4n) is 1.26. The lowest BCUT2D eigenvalue weighted by Gasteiger charge is -2.11. The van der Waals surface area contributed by atoms with Gasteiger partial charge in [0.25, 0.3) is 0 Å². The number of halogens is 1. The van der Waals surface area contributed by atoms with Gasteiger partial charge in [0, 0.05) is 16.1 Å². The van der Waals surface area contributed by atoms with Gasteiger partial charge in [0.05, 0.1) is 13.2 Å². The molecule has 0 heterocycles. The van der Waals surface area contributed by atoms with Crippen LogP contribution in [0.25, 0.3) is 4.48 Å². The van der Waals surface area contributed by atoms with Crippen molar-refractivity contribution in [3.8, 4) is 11.5 Å². The van der Waals surface area contributed by atoms with Crippen LogP contribution in [-0.4, -0.2) is 13.2 Å². The van der Waals surface area contributed by atoms with Crippen molar-refractivity contribution < 1.29 is 9.47 Å². The van der Waals surface area contributed by atoms with E-state index >= 15 is 0 Å². The zero-order valence-corrected chi connectivity index (χ0v) is 10.6. The third-order valence-corrected chi connectivity index (χ3v) is 2.28. The molecule has 0 aliphatic carbocycles. The Balaban J connectivity index is 3.03. The van der Waals surface area contributed by atoms with E-state index in [0.717, 1.165) is 21.5 Å². The summed E-state index contributed by atoms with van der Waals surface area (Å²) in [5.41, 5.74) is 0.959. The Kier molecular flexibility index (Phi) is 4.69. The van der Waals surface area contributed by atoms with Gasteiger partial charge in [0.15, 0.2) is 0 Å². The maximum atomic E-state index is 5.51. The van der Waals surface area contributed by atoms with Crippen LogP contribution in [0.2, 0.25) is 0 Å². The molecule has 15 heavy (non-hydrogen) atoms. The summed E-state index contributed by atoms with van der Waals surface area (Å²) in [5.74, 6) is 1.61. The summed E-state index contributed by atoms with van der Waals surface area (Å²) in [5, 5.41) is 0. The van der Waals surface area contributed by atoms with Gasteiger partial charge in [-0.25, -0.2) is 0 Å². The van der Waals surface area contributed by atoms with Crippen molar-refractivity contribution in [2.75, 3.05) is 13.2 Å². The van der Waals surface area contributed by atoms with Crippen LogP contribution in [0.4, 0.5) is 0 Å². The van der Waals surface area contributed by atoms with Crippen LogP contribution < -0.4 is 9.47 Å². The number of hydrogen-bond donors (Lipinski definition) is 0. The van der Waals surface area contributed by atoms with Gasteiger partial charge in [0.1, 0.15) is 11.5 Å². The fraction of sp³-hybridized carbons (Fsp3) is 0.333. The standard InChI is InChI=1S/C12H15BrO2/c1-4-14-10-6-7-11(9(3)13)12(8-10)15-5-2/h6-8H,3-5H2,1-2H3. The van der Waals surface area contributed by atoms with E-state index in [9.17, 15) is 0 Å². The van der Waals surface area contributed by atoms with Crippen molar-refractivity contribution in [3.05, 3.63) is 30.3 Å². The fourth-order valence-corrected chi connectivity index (χ4v) is 1.59. The molecule has 1 aromatic rings. The molecule has 0 unspecified atom stereocenters. The summed E-state index contributed by atoms with van der Waals surface area (Å²) in [4.78, 5) is 0. The molecule has 0 fully saturated rings. The van der Waals surface area contributed by atoms with Crippen LogP contribution in [-0.2, 0) is 0 Å². The molecule has 3 heteroatoms. The van der Waals surface area contributed by atoms with Gasteiger partial charge >= 0.3 is 0 Å². The maximum absolute atomic E-state index is 5.51. The van der Waals surface area contributed by atoms with E-state index in [2.05, 4.69) is 22.5 Å². The first kappa shape index (κ1) is 12.1. The van der Waals surface area contributed by atoms with Crippen LogP contribution in [0.1, 0.15) is 19.4 Å². The Morgan fingerprint density at radius 3 is 2.47 bits per heavy atom. The minimum absolute atomic E-state index is 0.628. The molecular weight excluding hydrogens is 256 g/mol. The van der Waals surface area contributed by atoms with Crippen molar-refractivity contribution >= 4 is 20.4 Å². The summed E-state index contributed by atoms with van der Waals surface area (Å²) in [6.07, 6.45) is 0. The van der Waals surface area contributed by atoms with E-state index in [1.807, 2.05) is 32.0 Å². The molecule has 0 N–H and O–H groups in total. The molecule has 0 bridgehead atoms. The smallest absolute Gasteiger partial charge is 0.131 e. The zero-order chi connectivity index (χ0) is 11.3. The largest absolute Gasteiger partial charge is 0.494 e. The maximum Gasteiger partial charge on any atom is 0.131 e. The first-order valence-electron chi connectivity index (χ1n) is 4.93. The van der Waals surface area contributed by atoms with Crippen LogP contribution in [0.15, 0.2) is 24.8 Å². The van der Waals surface area contributed by atoms with E-state index in [-0.39, 0.29) is 0 Å². The monoisotopic (exact) mass is 270 g/mol. The van der Waals surface area contributed by atoms with Crippen molar-refractivity contribution in [1.29, 1.82) is 0 Å².